The average molecular weight is 1040 g/mol. The Morgan fingerprint density at radius 3 is 1.34 bits per heavy atom. The molecular weight excluding hydrogens is 931 g/mol. The molecule has 14 nitrogen and oxygen atoms in total. The van der Waals surface area contributed by atoms with Crippen molar-refractivity contribution in [1.82, 2.24) is 5.32 Å². The number of aliphatic hydroxyl groups is 8. The van der Waals surface area contributed by atoms with Crippen LogP contribution in [0.1, 0.15) is 239 Å². The molecule has 12 atom stereocenters. The van der Waals surface area contributed by atoms with Gasteiger partial charge in [-0.25, -0.2) is 0 Å². The quantitative estimate of drug-likeness (QED) is 0.0205. The second-order valence-corrected chi connectivity index (χ2v) is 21.1. The predicted octanol–water partition coefficient (Wildman–Crippen LogP) is 9.83. The Balaban J connectivity index is 1.62. The summed E-state index contributed by atoms with van der Waals surface area (Å²) in [6.07, 6.45) is 38.3. The summed E-state index contributed by atoms with van der Waals surface area (Å²) in [5, 5.41) is 86.7. The van der Waals surface area contributed by atoms with Crippen LogP contribution in [0, 0.1) is 0 Å². The standard InChI is InChI=1S/C59H109NO13/c1-3-5-7-9-11-13-14-15-16-17-18-19-20-21-22-23-24-25-26-27-28-29-30-31-32-33-35-37-39-41-43-51(64)60-47(48(63)42-40-38-36-34-12-10-8-6-4-2)46-70-58-56(69)54(67)57(50(45-62)72-58)73-59-55(68)53(66)52(65)49(44-61)71-59/h4,6,12,34,40,42,47-50,52-59,61-63,65-69H,3,5,7-11,13-33,35-39,41,43-46H2,1-2H3,(H,60,64)/b6-4+,34-12+,42-40+. The average Bonchev–Trinajstić information content (AvgIpc) is 3.39. The summed E-state index contributed by atoms with van der Waals surface area (Å²) >= 11 is 0. The van der Waals surface area contributed by atoms with Gasteiger partial charge in [0.15, 0.2) is 12.6 Å². The van der Waals surface area contributed by atoms with Gasteiger partial charge in [0, 0.05) is 6.42 Å². The highest BCUT2D eigenvalue weighted by Gasteiger charge is 2.51. The summed E-state index contributed by atoms with van der Waals surface area (Å²) in [6, 6.07) is -0.933. The number of allylic oxidation sites excluding steroid dienone is 5. The monoisotopic (exact) mass is 1040 g/mol. The summed E-state index contributed by atoms with van der Waals surface area (Å²) < 4.78 is 22.7. The number of rotatable bonds is 47. The van der Waals surface area contributed by atoms with Crippen molar-refractivity contribution in [3.63, 3.8) is 0 Å². The first-order valence-corrected chi connectivity index (χ1v) is 29.7. The van der Waals surface area contributed by atoms with Crippen LogP contribution in [0.4, 0.5) is 0 Å². The van der Waals surface area contributed by atoms with Crippen LogP contribution in [0.15, 0.2) is 36.5 Å². The maximum absolute atomic E-state index is 13.2. The van der Waals surface area contributed by atoms with E-state index in [4.69, 9.17) is 18.9 Å². The number of hydrogen-bond acceptors (Lipinski definition) is 13. The summed E-state index contributed by atoms with van der Waals surface area (Å²) in [6.45, 7) is 2.54. The van der Waals surface area contributed by atoms with Gasteiger partial charge < -0.3 is 65.1 Å². The maximum Gasteiger partial charge on any atom is 0.220 e. The molecule has 0 aliphatic carbocycles. The van der Waals surface area contributed by atoms with Crippen molar-refractivity contribution >= 4 is 5.91 Å². The smallest absolute Gasteiger partial charge is 0.220 e. The molecule has 0 aromatic heterocycles. The van der Waals surface area contributed by atoms with E-state index in [-0.39, 0.29) is 18.9 Å². The Bertz CT molecular complexity index is 1370. The van der Waals surface area contributed by atoms with Gasteiger partial charge in [-0.1, -0.05) is 230 Å². The molecule has 2 heterocycles. The van der Waals surface area contributed by atoms with Crippen LogP contribution in [0.5, 0.6) is 0 Å². The number of unbranched alkanes of at least 4 members (excludes halogenated alkanes) is 31. The highest BCUT2D eigenvalue weighted by molar-refractivity contribution is 5.76. The SMILES string of the molecule is C/C=C/CC/C=C/CC/C=C/C(O)C(COC1OC(CO)C(OC2OC(CO)C(O)C(O)C2O)C(O)C1O)NC(=O)CCCCCCCCCCCCCCCCCCCCCCCCCCCCCCCC. The number of carbonyl (C=O) groups is 1. The van der Waals surface area contributed by atoms with Crippen molar-refractivity contribution in [2.75, 3.05) is 19.8 Å². The molecule has 73 heavy (non-hydrogen) atoms. The van der Waals surface area contributed by atoms with E-state index >= 15 is 0 Å². The first kappa shape index (κ1) is 67.3. The molecule has 0 radical (unpaired) electrons. The van der Waals surface area contributed by atoms with Crippen LogP contribution in [-0.2, 0) is 23.7 Å². The van der Waals surface area contributed by atoms with Crippen molar-refractivity contribution in [2.45, 2.75) is 312 Å². The van der Waals surface area contributed by atoms with Crippen molar-refractivity contribution in [3.8, 4) is 0 Å². The van der Waals surface area contributed by atoms with E-state index in [9.17, 15) is 45.6 Å². The van der Waals surface area contributed by atoms with E-state index in [0.29, 0.717) is 12.8 Å². The molecule has 0 aromatic rings. The first-order valence-electron chi connectivity index (χ1n) is 29.7. The number of nitrogens with one attached hydrogen (secondary N) is 1. The second-order valence-electron chi connectivity index (χ2n) is 21.1. The third-order valence-corrected chi connectivity index (χ3v) is 14.7. The summed E-state index contributed by atoms with van der Waals surface area (Å²) in [5.74, 6) is -0.253. The van der Waals surface area contributed by atoms with E-state index in [1.165, 1.54) is 167 Å². The topological polar surface area (TPSA) is 228 Å². The molecule has 0 bridgehead atoms. The van der Waals surface area contributed by atoms with Gasteiger partial charge in [0.1, 0.15) is 48.8 Å². The molecular formula is C59H109NO13. The van der Waals surface area contributed by atoms with Gasteiger partial charge in [-0.05, 0) is 39.0 Å². The van der Waals surface area contributed by atoms with Gasteiger partial charge in [0.2, 0.25) is 5.91 Å². The minimum Gasteiger partial charge on any atom is -0.394 e. The van der Waals surface area contributed by atoms with Crippen LogP contribution in [0.25, 0.3) is 0 Å². The van der Waals surface area contributed by atoms with Gasteiger partial charge in [-0.2, -0.15) is 0 Å². The fourth-order valence-corrected chi connectivity index (χ4v) is 9.86. The van der Waals surface area contributed by atoms with E-state index < -0.39 is 86.8 Å². The zero-order valence-electron chi connectivity index (χ0n) is 45.9. The van der Waals surface area contributed by atoms with Gasteiger partial charge in [-0.15, -0.1) is 0 Å². The van der Waals surface area contributed by atoms with Gasteiger partial charge in [-0.3, -0.25) is 4.79 Å². The molecule has 2 rings (SSSR count). The molecule has 9 N–H and O–H groups in total. The van der Waals surface area contributed by atoms with Crippen LogP contribution < -0.4 is 5.32 Å². The highest BCUT2D eigenvalue weighted by atomic mass is 16.7. The Hall–Kier alpha value is -1.79. The fraction of sp³-hybridized carbons (Fsp3) is 0.881. The maximum atomic E-state index is 13.2. The molecule has 2 saturated heterocycles. The van der Waals surface area contributed by atoms with Crippen molar-refractivity contribution < 1.29 is 64.6 Å². The number of aliphatic hydroxyl groups excluding tert-OH is 8. The predicted molar refractivity (Wildman–Crippen MR) is 291 cm³/mol. The lowest BCUT2D eigenvalue weighted by Gasteiger charge is -2.46. The lowest BCUT2D eigenvalue weighted by Crippen LogP contribution is -2.65. The highest BCUT2D eigenvalue weighted by Crippen LogP contribution is 2.30. The summed E-state index contributed by atoms with van der Waals surface area (Å²) in [4.78, 5) is 13.2. The molecule has 0 saturated carbocycles. The zero-order valence-corrected chi connectivity index (χ0v) is 45.9. The third kappa shape index (κ3) is 31.3. The molecule has 1 amide bonds. The third-order valence-electron chi connectivity index (χ3n) is 14.7. The second kappa shape index (κ2) is 45.3. The number of ether oxygens (including phenoxy) is 4. The molecule has 0 aromatic carbocycles. The largest absolute Gasteiger partial charge is 0.394 e. The lowest BCUT2D eigenvalue weighted by molar-refractivity contribution is -0.359. The Morgan fingerprint density at radius 1 is 0.507 bits per heavy atom. The van der Waals surface area contributed by atoms with Crippen molar-refractivity contribution in [2.24, 2.45) is 0 Å². The van der Waals surface area contributed by atoms with E-state index in [2.05, 4.69) is 30.5 Å². The van der Waals surface area contributed by atoms with Crippen molar-refractivity contribution in [1.29, 1.82) is 0 Å². The minimum atomic E-state index is -1.79. The van der Waals surface area contributed by atoms with E-state index in [1.807, 2.05) is 19.1 Å². The zero-order chi connectivity index (χ0) is 53.2. The van der Waals surface area contributed by atoms with E-state index in [0.717, 1.165) is 38.5 Å². The van der Waals surface area contributed by atoms with Gasteiger partial charge >= 0.3 is 0 Å². The first-order chi connectivity index (χ1) is 35.6. The molecule has 14 heteroatoms. The number of amides is 1. The van der Waals surface area contributed by atoms with Crippen LogP contribution in [0.2, 0.25) is 0 Å². The van der Waals surface area contributed by atoms with Gasteiger partial charge in [0.05, 0.1) is 32.0 Å². The Kier molecular flexibility index (Phi) is 41.7. The normalized spacial score (nSPS) is 25.6. The molecule has 428 valence electrons. The van der Waals surface area contributed by atoms with Gasteiger partial charge in [0.25, 0.3) is 0 Å². The molecule has 2 aliphatic heterocycles. The molecule has 2 fully saturated rings. The minimum absolute atomic E-state index is 0.253. The lowest BCUT2D eigenvalue weighted by atomic mass is 9.97. The molecule has 2 aliphatic rings. The fourth-order valence-electron chi connectivity index (χ4n) is 9.86. The molecule has 0 spiro atoms. The van der Waals surface area contributed by atoms with Crippen LogP contribution >= 0.6 is 0 Å². The molecule has 12 unspecified atom stereocenters. The van der Waals surface area contributed by atoms with Crippen LogP contribution in [0.3, 0.4) is 0 Å². The Morgan fingerprint density at radius 2 is 0.904 bits per heavy atom. The summed E-state index contributed by atoms with van der Waals surface area (Å²) in [5.41, 5.74) is 0. The van der Waals surface area contributed by atoms with Crippen molar-refractivity contribution in [3.05, 3.63) is 36.5 Å². The van der Waals surface area contributed by atoms with Crippen LogP contribution in [-0.4, -0.2) is 140 Å². The van der Waals surface area contributed by atoms with E-state index in [1.54, 1.807) is 6.08 Å². The summed E-state index contributed by atoms with van der Waals surface area (Å²) in [7, 11) is 0. The number of hydrogen-bond donors (Lipinski definition) is 9. The number of carbonyl (C=O) groups excluding carboxylic acids is 1. The Labute approximate surface area is 442 Å².